The Morgan fingerprint density at radius 2 is 1.94 bits per heavy atom. The molecule has 3 nitrogen and oxygen atoms in total. The molecule has 1 rings (SSSR count). The summed E-state index contributed by atoms with van der Waals surface area (Å²) in [6.07, 6.45) is 0. The number of rotatable bonds is 8. The first-order valence-electron chi connectivity index (χ1n) is 6.37. The Labute approximate surface area is 115 Å². The highest BCUT2D eigenvalue weighted by Crippen LogP contribution is 2.22. The van der Waals surface area contributed by atoms with Gasteiger partial charge in [0.25, 0.3) is 0 Å². The summed E-state index contributed by atoms with van der Waals surface area (Å²) in [7, 11) is 1.68. The zero-order valence-electron chi connectivity index (χ0n) is 11.4. The zero-order valence-corrected chi connectivity index (χ0v) is 12.2. The second kappa shape index (κ2) is 8.35. The fraction of sp³-hybridized carbons (Fsp3) is 0.571. The molecule has 0 fully saturated rings. The Bertz CT molecular complexity index is 356. The lowest BCUT2D eigenvalue weighted by Crippen LogP contribution is -2.29. The van der Waals surface area contributed by atoms with Crippen LogP contribution >= 0.6 is 11.6 Å². The largest absolute Gasteiger partial charge is 0.496 e. The van der Waals surface area contributed by atoms with Crippen molar-refractivity contribution in [1.82, 2.24) is 10.6 Å². The van der Waals surface area contributed by atoms with Gasteiger partial charge in [0, 0.05) is 30.2 Å². The van der Waals surface area contributed by atoms with E-state index in [1.54, 1.807) is 7.11 Å². The summed E-state index contributed by atoms with van der Waals surface area (Å²) in [5, 5.41) is 7.51. The molecule has 18 heavy (non-hydrogen) atoms. The van der Waals surface area contributed by atoms with E-state index in [1.807, 2.05) is 18.2 Å². The fourth-order valence-corrected chi connectivity index (χ4v) is 1.87. The first-order valence-corrected chi connectivity index (χ1v) is 6.75. The van der Waals surface area contributed by atoms with E-state index >= 15 is 0 Å². The highest BCUT2D eigenvalue weighted by atomic mass is 35.5. The van der Waals surface area contributed by atoms with Gasteiger partial charge in [0.15, 0.2) is 0 Å². The van der Waals surface area contributed by atoms with Crippen molar-refractivity contribution in [1.29, 1.82) is 0 Å². The lowest BCUT2D eigenvalue weighted by atomic mass is 10.2. The summed E-state index contributed by atoms with van der Waals surface area (Å²) < 4.78 is 5.30. The van der Waals surface area contributed by atoms with Crippen LogP contribution in [0.1, 0.15) is 19.4 Å². The van der Waals surface area contributed by atoms with Crippen molar-refractivity contribution in [3.63, 3.8) is 0 Å². The van der Waals surface area contributed by atoms with E-state index < -0.39 is 0 Å². The van der Waals surface area contributed by atoms with Crippen molar-refractivity contribution in [2.45, 2.75) is 20.4 Å². The van der Waals surface area contributed by atoms with Gasteiger partial charge in [-0.3, -0.25) is 0 Å². The average molecular weight is 271 g/mol. The predicted molar refractivity (Wildman–Crippen MR) is 77.4 cm³/mol. The third-order valence-corrected chi connectivity index (χ3v) is 2.82. The molecule has 1 aromatic rings. The second-order valence-electron chi connectivity index (χ2n) is 4.73. The van der Waals surface area contributed by atoms with Gasteiger partial charge >= 0.3 is 0 Å². The highest BCUT2D eigenvalue weighted by Gasteiger charge is 2.03. The molecule has 0 aliphatic carbocycles. The molecule has 0 saturated carbocycles. The summed E-state index contributed by atoms with van der Waals surface area (Å²) in [6.45, 7) is 8.15. The van der Waals surface area contributed by atoms with Gasteiger partial charge in [0.2, 0.25) is 0 Å². The minimum Gasteiger partial charge on any atom is -0.496 e. The summed E-state index contributed by atoms with van der Waals surface area (Å²) in [5.41, 5.74) is 1.09. The van der Waals surface area contributed by atoms with E-state index in [4.69, 9.17) is 16.3 Å². The first-order chi connectivity index (χ1) is 8.63. The van der Waals surface area contributed by atoms with Crippen LogP contribution in [0.4, 0.5) is 0 Å². The van der Waals surface area contributed by atoms with E-state index in [1.165, 1.54) is 0 Å². The van der Waals surface area contributed by atoms with Crippen LogP contribution in [0.25, 0.3) is 0 Å². The average Bonchev–Trinajstić information content (AvgIpc) is 2.33. The van der Waals surface area contributed by atoms with Crippen molar-refractivity contribution in [3.8, 4) is 5.75 Å². The van der Waals surface area contributed by atoms with E-state index in [2.05, 4.69) is 24.5 Å². The molecule has 0 aromatic heterocycles. The SMILES string of the molecule is COc1ccc(Cl)cc1CNCCNCC(C)C. The van der Waals surface area contributed by atoms with Gasteiger partial charge in [-0.2, -0.15) is 0 Å². The zero-order chi connectivity index (χ0) is 13.4. The van der Waals surface area contributed by atoms with Gasteiger partial charge in [-0.1, -0.05) is 25.4 Å². The molecule has 0 spiro atoms. The number of hydrogen-bond acceptors (Lipinski definition) is 3. The number of methoxy groups -OCH3 is 1. The number of halogens is 1. The van der Waals surface area contributed by atoms with Gasteiger partial charge in [-0.25, -0.2) is 0 Å². The van der Waals surface area contributed by atoms with Crippen LogP contribution in [0.2, 0.25) is 5.02 Å². The minimum atomic E-state index is 0.693. The molecule has 4 heteroatoms. The van der Waals surface area contributed by atoms with Crippen molar-refractivity contribution < 1.29 is 4.74 Å². The molecule has 0 aliphatic heterocycles. The Balaban J connectivity index is 2.28. The quantitative estimate of drug-likeness (QED) is 0.713. The standard InChI is InChI=1S/C14H23ClN2O/c1-11(2)9-16-6-7-17-10-12-8-13(15)4-5-14(12)18-3/h4-5,8,11,16-17H,6-7,9-10H2,1-3H3. The molecule has 0 radical (unpaired) electrons. The Kier molecular flexibility index (Phi) is 7.09. The van der Waals surface area contributed by atoms with Gasteiger partial charge in [0.1, 0.15) is 5.75 Å². The van der Waals surface area contributed by atoms with Crippen LogP contribution in [0, 0.1) is 5.92 Å². The molecule has 0 heterocycles. The molecule has 0 aliphatic rings. The van der Waals surface area contributed by atoms with Crippen LogP contribution in [0.15, 0.2) is 18.2 Å². The van der Waals surface area contributed by atoms with Crippen molar-refractivity contribution in [3.05, 3.63) is 28.8 Å². The molecule has 102 valence electrons. The van der Waals surface area contributed by atoms with Crippen molar-refractivity contribution in [2.75, 3.05) is 26.7 Å². The van der Waals surface area contributed by atoms with Crippen molar-refractivity contribution in [2.24, 2.45) is 5.92 Å². The van der Waals surface area contributed by atoms with Crippen LogP contribution in [-0.4, -0.2) is 26.7 Å². The van der Waals surface area contributed by atoms with Crippen LogP contribution < -0.4 is 15.4 Å². The molecule has 0 saturated heterocycles. The third-order valence-electron chi connectivity index (χ3n) is 2.59. The molecule has 0 unspecified atom stereocenters. The smallest absolute Gasteiger partial charge is 0.123 e. The van der Waals surface area contributed by atoms with Gasteiger partial charge < -0.3 is 15.4 Å². The van der Waals surface area contributed by atoms with Crippen LogP contribution in [-0.2, 0) is 6.54 Å². The monoisotopic (exact) mass is 270 g/mol. The maximum atomic E-state index is 5.98. The second-order valence-corrected chi connectivity index (χ2v) is 5.17. The van der Waals surface area contributed by atoms with E-state index in [-0.39, 0.29) is 0 Å². The lowest BCUT2D eigenvalue weighted by Gasteiger charge is -2.11. The molecule has 0 atom stereocenters. The normalized spacial score (nSPS) is 10.9. The Hall–Kier alpha value is -0.770. The number of benzene rings is 1. The molecule has 0 amide bonds. The fourth-order valence-electron chi connectivity index (χ4n) is 1.68. The topological polar surface area (TPSA) is 33.3 Å². The third kappa shape index (κ3) is 5.71. The number of hydrogen-bond donors (Lipinski definition) is 2. The summed E-state index contributed by atoms with van der Waals surface area (Å²) in [6, 6.07) is 5.68. The Morgan fingerprint density at radius 1 is 1.22 bits per heavy atom. The van der Waals surface area contributed by atoms with Gasteiger partial charge in [0.05, 0.1) is 7.11 Å². The van der Waals surface area contributed by atoms with Crippen molar-refractivity contribution >= 4 is 11.6 Å². The molecular formula is C14H23ClN2O. The maximum Gasteiger partial charge on any atom is 0.123 e. The minimum absolute atomic E-state index is 0.693. The van der Waals surface area contributed by atoms with Crippen LogP contribution in [0.3, 0.4) is 0 Å². The maximum absolute atomic E-state index is 5.98. The number of ether oxygens (including phenoxy) is 1. The molecule has 1 aromatic carbocycles. The highest BCUT2D eigenvalue weighted by molar-refractivity contribution is 6.30. The Morgan fingerprint density at radius 3 is 2.61 bits per heavy atom. The lowest BCUT2D eigenvalue weighted by molar-refractivity contribution is 0.407. The summed E-state index contributed by atoms with van der Waals surface area (Å²) in [5.74, 6) is 1.57. The molecule has 0 bridgehead atoms. The number of nitrogens with one attached hydrogen (secondary N) is 2. The van der Waals surface area contributed by atoms with Gasteiger partial charge in [-0.05, 0) is 30.7 Å². The van der Waals surface area contributed by atoms with Gasteiger partial charge in [-0.15, -0.1) is 0 Å². The molecule has 2 N–H and O–H groups in total. The predicted octanol–water partition coefficient (Wildman–Crippen LogP) is 2.68. The first kappa shape index (κ1) is 15.3. The van der Waals surface area contributed by atoms with E-state index in [0.717, 1.165) is 42.5 Å². The summed E-state index contributed by atoms with van der Waals surface area (Å²) in [4.78, 5) is 0. The molecular weight excluding hydrogens is 248 g/mol. The summed E-state index contributed by atoms with van der Waals surface area (Å²) >= 11 is 5.98. The van der Waals surface area contributed by atoms with Crippen LogP contribution in [0.5, 0.6) is 5.75 Å². The van der Waals surface area contributed by atoms with E-state index in [9.17, 15) is 0 Å². The van der Waals surface area contributed by atoms with E-state index in [0.29, 0.717) is 5.92 Å².